The third-order valence-corrected chi connectivity index (χ3v) is 4.97. The van der Waals surface area contributed by atoms with Gasteiger partial charge in [0.15, 0.2) is 5.11 Å². The first-order valence-electron chi connectivity index (χ1n) is 9.72. The summed E-state index contributed by atoms with van der Waals surface area (Å²) >= 11 is 5.26. The van der Waals surface area contributed by atoms with Crippen LogP contribution in [0.1, 0.15) is 23.0 Å². The molecule has 8 heteroatoms. The van der Waals surface area contributed by atoms with E-state index in [0.29, 0.717) is 28.6 Å². The maximum Gasteiger partial charge on any atom is 0.295 e. The van der Waals surface area contributed by atoms with Crippen molar-refractivity contribution in [3.05, 3.63) is 88.4 Å². The zero-order chi connectivity index (χ0) is 22.5. The Balaban J connectivity index is 1.81. The SMILES string of the molecule is C=C(C)CNC(=S)Nc1cccc(C(=O)Nc2c(C)n(C)n(-c3ccccc3)c2=O)c1. The quantitative estimate of drug-likeness (QED) is 0.407. The molecule has 1 aromatic heterocycles. The molecule has 0 unspecified atom stereocenters. The van der Waals surface area contributed by atoms with E-state index in [0.717, 1.165) is 11.3 Å². The van der Waals surface area contributed by atoms with Gasteiger partial charge in [-0.3, -0.25) is 14.3 Å². The number of aromatic nitrogens is 2. The molecule has 0 saturated heterocycles. The molecule has 2 aromatic carbocycles. The highest BCUT2D eigenvalue weighted by molar-refractivity contribution is 7.80. The number of nitrogens with one attached hydrogen (secondary N) is 3. The number of benzene rings is 2. The number of carbonyl (C=O) groups excluding carboxylic acids is 1. The summed E-state index contributed by atoms with van der Waals surface area (Å²) in [6.07, 6.45) is 0. The second-order valence-electron chi connectivity index (χ2n) is 7.24. The first kappa shape index (κ1) is 22.0. The minimum Gasteiger partial charge on any atom is -0.359 e. The molecule has 0 atom stereocenters. The zero-order valence-corrected chi connectivity index (χ0v) is 18.5. The van der Waals surface area contributed by atoms with Crippen LogP contribution in [0.25, 0.3) is 5.69 Å². The molecule has 3 rings (SSSR count). The fourth-order valence-corrected chi connectivity index (χ4v) is 3.23. The molecule has 0 saturated carbocycles. The average Bonchev–Trinajstić information content (AvgIpc) is 2.96. The van der Waals surface area contributed by atoms with Gasteiger partial charge >= 0.3 is 0 Å². The van der Waals surface area contributed by atoms with Crippen molar-refractivity contribution in [1.29, 1.82) is 0 Å². The van der Waals surface area contributed by atoms with Crippen molar-refractivity contribution in [3.8, 4) is 5.69 Å². The van der Waals surface area contributed by atoms with Gasteiger partial charge in [0.2, 0.25) is 0 Å². The first-order valence-corrected chi connectivity index (χ1v) is 10.1. The molecule has 160 valence electrons. The predicted molar refractivity (Wildman–Crippen MR) is 129 cm³/mol. The van der Waals surface area contributed by atoms with E-state index in [-0.39, 0.29) is 17.2 Å². The topological polar surface area (TPSA) is 80.1 Å². The Morgan fingerprint density at radius 3 is 2.48 bits per heavy atom. The van der Waals surface area contributed by atoms with E-state index in [2.05, 4.69) is 22.5 Å². The van der Waals surface area contributed by atoms with E-state index in [1.165, 1.54) is 4.68 Å². The molecule has 1 amide bonds. The lowest BCUT2D eigenvalue weighted by molar-refractivity contribution is 0.102. The minimum absolute atomic E-state index is 0.244. The van der Waals surface area contributed by atoms with Crippen LogP contribution in [0.15, 0.2) is 71.5 Å². The van der Waals surface area contributed by atoms with Gasteiger partial charge in [0.25, 0.3) is 11.5 Å². The number of para-hydroxylation sites is 1. The molecule has 0 bridgehead atoms. The molecule has 0 aliphatic heterocycles. The molecule has 3 N–H and O–H groups in total. The molecule has 0 fully saturated rings. The molecular formula is C23H25N5O2S. The van der Waals surface area contributed by atoms with Crippen LogP contribution >= 0.6 is 12.2 Å². The highest BCUT2D eigenvalue weighted by atomic mass is 32.1. The number of nitrogens with zero attached hydrogens (tertiary/aromatic N) is 2. The molecule has 7 nitrogen and oxygen atoms in total. The Labute approximate surface area is 186 Å². The summed E-state index contributed by atoms with van der Waals surface area (Å²) in [6, 6.07) is 16.2. The third-order valence-electron chi connectivity index (χ3n) is 4.73. The van der Waals surface area contributed by atoms with Gasteiger partial charge in [-0.25, -0.2) is 4.68 Å². The van der Waals surface area contributed by atoms with Crippen LogP contribution in [0, 0.1) is 6.92 Å². The van der Waals surface area contributed by atoms with E-state index in [9.17, 15) is 9.59 Å². The Morgan fingerprint density at radius 1 is 1.10 bits per heavy atom. The van der Waals surface area contributed by atoms with Gasteiger partial charge in [-0.1, -0.05) is 36.4 Å². The van der Waals surface area contributed by atoms with Gasteiger partial charge in [-0.05, 0) is 56.4 Å². The Bertz CT molecular complexity index is 1190. The summed E-state index contributed by atoms with van der Waals surface area (Å²) in [5, 5.41) is 9.28. The lowest BCUT2D eigenvalue weighted by Gasteiger charge is -2.11. The van der Waals surface area contributed by atoms with Crippen molar-refractivity contribution in [2.45, 2.75) is 13.8 Å². The minimum atomic E-state index is -0.379. The van der Waals surface area contributed by atoms with Crippen LogP contribution < -0.4 is 21.5 Å². The van der Waals surface area contributed by atoms with Crippen LogP contribution in [-0.2, 0) is 7.05 Å². The number of carbonyl (C=O) groups is 1. The van der Waals surface area contributed by atoms with Crippen molar-refractivity contribution in [2.24, 2.45) is 7.05 Å². The molecule has 3 aromatic rings. The highest BCUT2D eigenvalue weighted by Crippen LogP contribution is 2.16. The summed E-state index contributed by atoms with van der Waals surface area (Å²) < 4.78 is 3.24. The van der Waals surface area contributed by atoms with Gasteiger partial charge in [0.1, 0.15) is 5.69 Å². The fraction of sp³-hybridized carbons (Fsp3) is 0.174. The predicted octanol–water partition coefficient (Wildman–Crippen LogP) is 3.60. The number of amides is 1. The van der Waals surface area contributed by atoms with Crippen LogP contribution in [0.3, 0.4) is 0 Å². The van der Waals surface area contributed by atoms with Crippen molar-refractivity contribution < 1.29 is 4.79 Å². The number of thiocarbonyl (C=S) groups is 1. The molecule has 1 heterocycles. The maximum absolute atomic E-state index is 13.0. The standard InChI is InChI=1S/C23H25N5O2S/c1-15(2)14-24-23(31)25-18-10-8-9-17(13-18)21(29)26-20-16(3)27(4)28(22(20)30)19-11-6-5-7-12-19/h5-13H,1,14H2,2-4H3,(H,26,29)(H2,24,25,31). The zero-order valence-electron chi connectivity index (χ0n) is 17.7. The smallest absolute Gasteiger partial charge is 0.295 e. The number of rotatable bonds is 6. The van der Waals surface area contributed by atoms with E-state index in [1.54, 1.807) is 36.9 Å². The van der Waals surface area contributed by atoms with Crippen LogP contribution in [-0.4, -0.2) is 26.9 Å². The summed E-state index contributed by atoms with van der Waals surface area (Å²) in [4.78, 5) is 25.9. The van der Waals surface area contributed by atoms with Gasteiger partial charge in [-0.15, -0.1) is 0 Å². The lowest BCUT2D eigenvalue weighted by Crippen LogP contribution is -2.29. The summed E-state index contributed by atoms with van der Waals surface area (Å²) in [6.45, 7) is 8.08. The van der Waals surface area contributed by atoms with E-state index >= 15 is 0 Å². The molecule has 0 radical (unpaired) electrons. The van der Waals surface area contributed by atoms with Gasteiger partial charge in [0, 0.05) is 24.8 Å². The number of anilines is 2. The molecule has 0 aliphatic rings. The fourth-order valence-electron chi connectivity index (χ4n) is 3.04. The second-order valence-corrected chi connectivity index (χ2v) is 7.64. The largest absolute Gasteiger partial charge is 0.359 e. The Kier molecular flexibility index (Phi) is 6.71. The van der Waals surface area contributed by atoms with Crippen molar-refractivity contribution >= 4 is 34.6 Å². The third kappa shape index (κ3) is 5.10. The second kappa shape index (κ2) is 9.44. The van der Waals surface area contributed by atoms with Crippen LogP contribution in [0.4, 0.5) is 11.4 Å². The van der Waals surface area contributed by atoms with E-state index < -0.39 is 0 Å². The summed E-state index contributed by atoms with van der Waals surface area (Å²) in [7, 11) is 1.78. The Hall–Kier alpha value is -3.65. The molecule has 0 aliphatic carbocycles. The van der Waals surface area contributed by atoms with Crippen LogP contribution in [0.5, 0.6) is 0 Å². The normalized spacial score (nSPS) is 10.4. The molecule has 0 spiro atoms. The maximum atomic E-state index is 13.0. The molecule has 31 heavy (non-hydrogen) atoms. The molecular weight excluding hydrogens is 410 g/mol. The van der Waals surface area contributed by atoms with Gasteiger partial charge < -0.3 is 16.0 Å². The average molecular weight is 436 g/mol. The van der Waals surface area contributed by atoms with E-state index in [4.69, 9.17) is 12.2 Å². The van der Waals surface area contributed by atoms with Crippen molar-refractivity contribution in [2.75, 3.05) is 17.2 Å². The summed E-state index contributed by atoms with van der Waals surface area (Å²) in [5.41, 5.74) is 3.35. The monoisotopic (exact) mass is 435 g/mol. The van der Waals surface area contributed by atoms with Gasteiger partial charge in [0.05, 0.1) is 11.4 Å². The highest BCUT2D eigenvalue weighted by Gasteiger charge is 2.19. The van der Waals surface area contributed by atoms with Gasteiger partial charge in [-0.2, -0.15) is 0 Å². The van der Waals surface area contributed by atoms with Crippen molar-refractivity contribution in [3.63, 3.8) is 0 Å². The summed E-state index contributed by atoms with van der Waals surface area (Å²) in [5.74, 6) is -0.379. The lowest BCUT2D eigenvalue weighted by atomic mass is 10.2. The number of hydrogen-bond donors (Lipinski definition) is 3. The van der Waals surface area contributed by atoms with Crippen molar-refractivity contribution in [1.82, 2.24) is 14.7 Å². The van der Waals surface area contributed by atoms with E-state index in [1.807, 2.05) is 43.3 Å². The Morgan fingerprint density at radius 2 is 1.81 bits per heavy atom. The first-order chi connectivity index (χ1) is 14.8. The van der Waals surface area contributed by atoms with Crippen LogP contribution in [0.2, 0.25) is 0 Å². The number of hydrogen-bond acceptors (Lipinski definition) is 3.